The van der Waals surface area contributed by atoms with Crippen LogP contribution in [0, 0.1) is 0 Å². The largest absolute Gasteiger partial charge is 0.472 e. The highest BCUT2D eigenvalue weighted by Gasteiger charge is 2.30. The molecule has 0 aromatic carbocycles. The van der Waals surface area contributed by atoms with Gasteiger partial charge >= 0.3 is 39.5 Å². The van der Waals surface area contributed by atoms with Gasteiger partial charge in [-0.3, -0.25) is 37.3 Å². The number of ether oxygens (including phenoxy) is 4. The first-order chi connectivity index (χ1) is 50.7. The Labute approximate surface area is 629 Å². The van der Waals surface area contributed by atoms with Gasteiger partial charge in [0.1, 0.15) is 19.3 Å². The second kappa shape index (κ2) is 75.9. The van der Waals surface area contributed by atoms with Crippen LogP contribution in [0.4, 0.5) is 0 Å². The molecule has 0 saturated heterocycles. The van der Waals surface area contributed by atoms with Crippen molar-refractivity contribution in [3.8, 4) is 0 Å². The van der Waals surface area contributed by atoms with Gasteiger partial charge in [0.2, 0.25) is 0 Å². The van der Waals surface area contributed by atoms with Gasteiger partial charge in [-0.05, 0) is 154 Å². The molecule has 0 spiro atoms. The van der Waals surface area contributed by atoms with Crippen LogP contribution in [0.15, 0.2) is 158 Å². The van der Waals surface area contributed by atoms with Crippen molar-refractivity contribution in [1.29, 1.82) is 0 Å². The number of hydrogen-bond acceptors (Lipinski definition) is 15. The molecule has 0 amide bonds. The minimum Gasteiger partial charge on any atom is -0.462 e. The molecule has 0 saturated carbocycles. The van der Waals surface area contributed by atoms with Crippen LogP contribution >= 0.6 is 15.6 Å². The van der Waals surface area contributed by atoms with Gasteiger partial charge in [-0.25, -0.2) is 9.13 Å². The average Bonchev–Trinajstić information content (AvgIpc) is 0.907. The zero-order valence-corrected chi connectivity index (χ0v) is 66.4. The Bertz CT molecular complexity index is 2590. The SMILES string of the molecule is CC/C=C\C/C=C\C/C=C\C/C=C\C/C=C\C/C=C\CCC(=O)O[C@H](COC(=O)CCCCCCC/C=C\CCCCCC)COP(=O)(O)OC[C@@H](O)COP(=O)(O)OC[C@@H](COC(=O)CCCCCCC/C=C\CCCCCC)OC(=O)CC/C=C\C/C=C\C/C=C\C/C=C\C/C=C\CCCCC. The first kappa shape index (κ1) is 98.7. The number of aliphatic hydroxyl groups excluding tert-OH is 1. The standard InChI is InChI=1S/C85H140O17P2/c1-5-9-13-17-21-25-29-33-35-37-39-41-43-47-51-55-59-63-67-71-84(89)101-80(75-95-82(87)69-65-61-57-53-49-45-31-27-23-19-15-11-7-3)77-99-103(91,92)97-73-79(86)74-98-104(93,94)100-78-81(76-96-83(88)70-66-62-58-54-50-46-32-28-24-20-16-12-8-4)102-85(90)72-68-64-60-56-52-48-44-42-40-38-36-34-30-26-22-18-14-10-6-2/h9,13,21-22,25-28,31-36,39-42,47-48,51-52,59-60,63-64,79-81,86H,5-8,10-12,14-20,23-24,29-30,37-38,43-46,49-50,53-58,61-62,65-78H2,1-4H3,(H,91,92)(H,93,94)/b13-9-,25-21-,26-22-,31-27-,32-28-,35-33-,36-34-,41-39-,42-40-,51-47-,52-48-,63-59-,64-60-/t79-,80-,81-/m1/s1. The molecule has 592 valence electrons. The van der Waals surface area contributed by atoms with Gasteiger partial charge in [0.05, 0.1) is 26.4 Å². The molecule has 0 radical (unpaired) electrons. The van der Waals surface area contributed by atoms with E-state index >= 15 is 0 Å². The van der Waals surface area contributed by atoms with Crippen LogP contribution < -0.4 is 0 Å². The highest BCUT2D eigenvalue weighted by molar-refractivity contribution is 7.47. The molecule has 0 aliphatic heterocycles. The number of unbranched alkanes of at least 4 members (excludes halogenated alkanes) is 21. The molecule has 3 N–H and O–H groups in total. The molecule has 0 aromatic rings. The molecule has 0 rings (SSSR count). The maximum Gasteiger partial charge on any atom is 0.472 e. The zero-order chi connectivity index (χ0) is 76.0. The molecule has 0 heterocycles. The number of rotatable bonds is 73. The first-order valence-corrected chi connectivity index (χ1v) is 42.7. The number of carbonyl (C=O) groups is 4. The number of hydrogen-bond donors (Lipinski definition) is 3. The fourth-order valence-corrected chi connectivity index (χ4v) is 11.5. The molecule has 0 aromatic heterocycles. The van der Waals surface area contributed by atoms with E-state index in [1.165, 1.54) is 70.6 Å². The van der Waals surface area contributed by atoms with E-state index < -0.39 is 97.5 Å². The highest BCUT2D eigenvalue weighted by atomic mass is 31.2. The summed E-state index contributed by atoms with van der Waals surface area (Å²) in [7, 11) is -10.0. The van der Waals surface area contributed by atoms with E-state index in [2.05, 4.69) is 149 Å². The van der Waals surface area contributed by atoms with E-state index in [0.29, 0.717) is 38.5 Å². The summed E-state index contributed by atoms with van der Waals surface area (Å²) >= 11 is 0. The molecule has 19 heteroatoms. The highest BCUT2D eigenvalue weighted by Crippen LogP contribution is 2.45. The van der Waals surface area contributed by atoms with E-state index in [1.54, 1.807) is 0 Å². The summed E-state index contributed by atoms with van der Waals surface area (Å²) in [4.78, 5) is 72.9. The Morgan fingerprint density at radius 2 is 0.519 bits per heavy atom. The zero-order valence-electron chi connectivity index (χ0n) is 64.6. The molecule has 104 heavy (non-hydrogen) atoms. The summed E-state index contributed by atoms with van der Waals surface area (Å²) in [5.74, 6) is -2.40. The van der Waals surface area contributed by atoms with Crippen molar-refractivity contribution >= 4 is 39.5 Å². The van der Waals surface area contributed by atoms with Gasteiger partial charge < -0.3 is 33.8 Å². The topological polar surface area (TPSA) is 237 Å². The molecule has 5 atom stereocenters. The summed E-state index contributed by atoms with van der Waals surface area (Å²) in [6.45, 7) is 4.50. The van der Waals surface area contributed by atoms with Crippen molar-refractivity contribution in [2.24, 2.45) is 0 Å². The van der Waals surface area contributed by atoms with Crippen molar-refractivity contribution in [2.75, 3.05) is 39.6 Å². The lowest BCUT2D eigenvalue weighted by Gasteiger charge is -2.21. The number of esters is 4. The summed E-state index contributed by atoms with van der Waals surface area (Å²) < 4.78 is 68.4. The van der Waals surface area contributed by atoms with Crippen molar-refractivity contribution < 1.29 is 80.2 Å². The van der Waals surface area contributed by atoms with E-state index in [9.17, 15) is 43.2 Å². The lowest BCUT2D eigenvalue weighted by molar-refractivity contribution is -0.161. The van der Waals surface area contributed by atoms with Crippen LogP contribution in [0.3, 0.4) is 0 Å². The van der Waals surface area contributed by atoms with Gasteiger partial charge in [0, 0.05) is 25.7 Å². The van der Waals surface area contributed by atoms with E-state index in [1.807, 2.05) is 36.5 Å². The number of aliphatic hydroxyl groups is 1. The van der Waals surface area contributed by atoms with Gasteiger partial charge in [-0.1, -0.05) is 276 Å². The minimum absolute atomic E-state index is 0.0363. The van der Waals surface area contributed by atoms with E-state index in [0.717, 1.165) is 135 Å². The Morgan fingerprint density at radius 3 is 0.837 bits per heavy atom. The maximum absolute atomic E-state index is 13.1. The molecule has 0 aliphatic carbocycles. The average molecular weight is 1500 g/mol. The van der Waals surface area contributed by atoms with E-state index in [4.69, 9.17) is 37.0 Å². The fraction of sp³-hybridized carbons (Fsp3) is 0.647. The summed E-state index contributed by atoms with van der Waals surface area (Å²) in [6.07, 6.45) is 88.3. The van der Waals surface area contributed by atoms with Crippen molar-refractivity contribution in [2.45, 2.75) is 316 Å². The minimum atomic E-state index is -5.01. The molecular weight excluding hydrogens is 1350 g/mol. The third-order valence-corrected chi connectivity index (χ3v) is 17.9. The normalized spacial score (nSPS) is 14.7. The third kappa shape index (κ3) is 74.9. The Hall–Kier alpha value is -5.32. The van der Waals surface area contributed by atoms with Gasteiger partial charge in [0.25, 0.3) is 0 Å². The summed E-state index contributed by atoms with van der Waals surface area (Å²) in [6, 6.07) is 0. The van der Waals surface area contributed by atoms with Gasteiger partial charge in [0.15, 0.2) is 12.2 Å². The monoisotopic (exact) mass is 1490 g/mol. The molecule has 2 unspecified atom stereocenters. The number of carbonyl (C=O) groups excluding carboxylic acids is 4. The van der Waals surface area contributed by atoms with Crippen LogP contribution in [-0.4, -0.2) is 96.7 Å². The number of phosphoric ester groups is 2. The summed E-state index contributed by atoms with van der Waals surface area (Å²) in [5.41, 5.74) is 0. The Morgan fingerprint density at radius 1 is 0.279 bits per heavy atom. The smallest absolute Gasteiger partial charge is 0.462 e. The second-order valence-corrected chi connectivity index (χ2v) is 28.8. The molecular formula is C85H140O17P2. The van der Waals surface area contributed by atoms with Crippen LogP contribution in [-0.2, 0) is 65.4 Å². The quantitative estimate of drug-likeness (QED) is 0.0169. The lowest BCUT2D eigenvalue weighted by Crippen LogP contribution is -2.30. The third-order valence-electron chi connectivity index (χ3n) is 16.0. The predicted octanol–water partition coefficient (Wildman–Crippen LogP) is 23.2. The Balaban J connectivity index is 5.51. The number of phosphoric acid groups is 2. The van der Waals surface area contributed by atoms with Crippen molar-refractivity contribution in [3.63, 3.8) is 0 Å². The van der Waals surface area contributed by atoms with Crippen molar-refractivity contribution in [1.82, 2.24) is 0 Å². The first-order valence-electron chi connectivity index (χ1n) is 39.7. The van der Waals surface area contributed by atoms with Crippen LogP contribution in [0.5, 0.6) is 0 Å². The molecule has 0 aliphatic rings. The molecule has 0 fully saturated rings. The van der Waals surface area contributed by atoms with Crippen LogP contribution in [0.25, 0.3) is 0 Å². The lowest BCUT2D eigenvalue weighted by atomic mass is 10.1. The predicted molar refractivity (Wildman–Crippen MR) is 427 cm³/mol. The fourth-order valence-electron chi connectivity index (χ4n) is 9.92. The Kier molecular flexibility index (Phi) is 72.0. The van der Waals surface area contributed by atoms with E-state index in [-0.39, 0.29) is 25.7 Å². The van der Waals surface area contributed by atoms with Crippen LogP contribution in [0.2, 0.25) is 0 Å². The maximum atomic E-state index is 13.1. The van der Waals surface area contributed by atoms with Gasteiger partial charge in [-0.15, -0.1) is 0 Å². The van der Waals surface area contributed by atoms with Crippen LogP contribution in [0.1, 0.15) is 297 Å². The molecule has 17 nitrogen and oxygen atoms in total. The molecule has 0 bridgehead atoms. The summed E-state index contributed by atoms with van der Waals surface area (Å²) in [5, 5.41) is 10.6. The van der Waals surface area contributed by atoms with Gasteiger partial charge in [-0.2, -0.15) is 0 Å². The second-order valence-electron chi connectivity index (χ2n) is 25.9. The van der Waals surface area contributed by atoms with Crippen molar-refractivity contribution in [3.05, 3.63) is 158 Å². The number of allylic oxidation sites excluding steroid dienone is 26.